The van der Waals surface area contributed by atoms with Crippen LogP contribution in [0.2, 0.25) is 5.02 Å². The minimum absolute atomic E-state index is 0.330. The molecule has 29 heavy (non-hydrogen) atoms. The van der Waals surface area contributed by atoms with Gasteiger partial charge in [-0.25, -0.2) is 9.59 Å². The molecular formula is C20H27ClN2O6. The summed E-state index contributed by atoms with van der Waals surface area (Å²) in [5, 5.41) is 5.02. The molecule has 1 aromatic rings. The number of carbonyl (C=O) groups is 3. The second kappa shape index (κ2) is 10.7. The molecule has 1 aromatic carbocycles. The first-order chi connectivity index (χ1) is 13.5. The van der Waals surface area contributed by atoms with Gasteiger partial charge in [-0.3, -0.25) is 10.1 Å². The van der Waals surface area contributed by atoms with Crippen molar-refractivity contribution in [2.24, 2.45) is 0 Å². The smallest absolute Gasteiger partial charge is 0.331 e. The van der Waals surface area contributed by atoms with Gasteiger partial charge < -0.3 is 19.5 Å². The number of ether oxygens (including phenoxy) is 3. The fourth-order valence-corrected chi connectivity index (χ4v) is 2.41. The Morgan fingerprint density at radius 3 is 2.45 bits per heavy atom. The third kappa shape index (κ3) is 8.43. The molecule has 1 rings (SSSR count). The zero-order valence-electron chi connectivity index (χ0n) is 17.4. The molecule has 0 fully saturated rings. The van der Waals surface area contributed by atoms with Crippen LogP contribution in [0.1, 0.15) is 40.2 Å². The van der Waals surface area contributed by atoms with Crippen LogP contribution in [0.3, 0.4) is 0 Å². The Kier molecular flexibility index (Phi) is 8.97. The number of imide groups is 1. The number of amides is 3. The van der Waals surface area contributed by atoms with E-state index in [4.69, 9.17) is 25.8 Å². The summed E-state index contributed by atoms with van der Waals surface area (Å²) in [5.41, 5.74) is 0.0708. The highest BCUT2D eigenvalue weighted by molar-refractivity contribution is 6.32. The molecule has 0 saturated carbocycles. The lowest BCUT2D eigenvalue weighted by Crippen LogP contribution is -2.50. The number of halogens is 1. The molecule has 0 aliphatic heterocycles. The van der Waals surface area contributed by atoms with Crippen molar-refractivity contribution in [3.05, 3.63) is 28.8 Å². The Bertz CT molecular complexity index is 786. The molecule has 0 aliphatic rings. The SMILES string of the molecule is CCOc1c(Cl)cc(/C=C/C(=O)O[C@H](C)C(=O)NC(=O)NC(C)(C)C)cc1OC. The highest BCUT2D eigenvalue weighted by Gasteiger charge is 2.21. The summed E-state index contributed by atoms with van der Waals surface area (Å²) in [6, 6.07) is 2.58. The van der Waals surface area contributed by atoms with Crippen LogP contribution in [0.4, 0.5) is 4.79 Å². The van der Waals surface area contributed by atoms with Crippen LogP contribution in [0.5, 0.6) is 11.5 Å². The first-order valence-corrected chi connectivity index (χ1v) is 9.36. The van der Waals surface area contributed by atoms with Crippen LogP contribution in [0.25, 0.3) is 6.08 Å². The van der Waals surface area contributed by atoms with E-state index in [-0.39, 0.29) is 0 Å². The molecule has 0 spiro atoms. The number of rotatable bonds is 7. The number of nitrogens with one attached hydrogen (secondary N) is 2. The fraction of sp³-hybridized carbons (Fsp3) is 0.450. The molecule has 0 radical (unpaired) electrons. The van der Waals surface area contributed by atoms with E-state index in [0.717, 1.165) is 6.08 Å². The van der Waals surface area contributed by atoms with Gasteiger partial charge in [-0.2, -0.15) is 0 Å². The molecule has 0 aliphatic carbocycles. The minimum Gasteiger partial charge on any atom is -0.493 e. The quantitative estimate of drug-likeness (QED) is 0.512. The molecule has 160 valence electrons. The Morgan fingerprint density at radius 2 is 1.90 bits per heavy atom. The second-order valence-corrected chi connectivity index (χ2v) is 7.48. The average Bonchev–Trinajstić information content (AvgIpc) is 2.60. The standard InChI is InChI=1S/C20H27ClN2O6/c1-7-28-17-14(21)10-13(11-15(17)27-6)8-9-16(24)29-12(2)18(25)22-19(26)23-20(3,4)5/h8-12H,7H2,1-6H3,(H2,22,23,25,26)/b9-8+/t12-/m1/s1. The van der Waals surface area contributed by atoms with E-state index in [0.29, 0.717) is 28.7 Å². The molecule has 0 unspecified atom stereocenters. The number of methoxy groups -OCH3 is 1. The number of benzene rings is 1. The van der Waals surface area contributed by atoms with Gasteiger partial charge in [0, 0.05) is 11.6 Å². The first-order valence-electron chi connectivity index (χ1n) is 8.98. The van der Waals surface area contributed by atoms with Gasteiger partial charge in [0.05, 0.1) is 18.7 Å². The molecule has 2 N–H and O–H groups in total. The van der Waals surface area contributed by atoms with Gasteiger partial charge in [0.1, 0.15) is 0 Å². The monoisotopic (exact) mass is 426 g/mol. The van der Waals surface area contributed by atoms with Crippen molar-refractivity contribution in [1.82, 2.24) is 10.6 Å². The summed E-state index contributed by atoms with van der Waals surface area (Å²) in [6.45, 7) is 8.92. The highest BCUT2D eigenvalue weighted by atomic mass is 35.5. The largest absolute Gasteiger partial charge is 0.493 e. The van der Waals surface area contributed by atoms with Crippen LogP contribution in [-0.4, -0.2) is 43.3 Å². The molecule has 0 saturated heterocycles. The Hall–Kier alpha value is -2.74. The van der Waals surface area contributed by atoms with Gasteiger partial charge >= 0.3 is 12.0 Å². The number of carbonyl (C=O) groups excluding carboxylic acids is 3. The van der Waals surface area contributed by atoms with Crippen molar-refractivity contribution in [3.63, 3.8) is 0 Å². The summed E-state index contributed by atoms with van der Waals surface area (Å²) in [7, 11) is 1.48. The number of esters is 1. The van der Waals surface area contributed by atoms with E-state index in [2.05, 4.69) is 10.6 Å². The van der Waals surface area contributed by atoms with E-state index in [1.807, 2.05) is 6.92 Å². The summed E-state index contributed by atoms with van der Waals surface area (Å²) >= 11 is 6.18. The van der Waals surface area contributed by atoms with Crippen LogP contribution in [0, 0.1) is 0 Å². The zero-order chi connectivity index (χ0) is 22.2. The fourth-order valence-electron chi connectivity index (χ4n) is 2.14. The molecule has 0 aromatic heterocycles. The van der Waals surface area contributed by atoms with Crippen molar-refractivity contribution in [2.45, 2.75) is 46.3 Å². The maximum absolute atomic E-state index is 12.0. The summed E-state index contributed by atoms with van der Waals surface area (Å²) in [4.78, 5) is 35.6. The van der Waals surface area contributed by atoms with Gasteiger partial charge in [0.2, 0.25) is 0 Å². The normalized spacial score (nSPS) is 12.2. The van der Waals surface area contributed by atoms with E-state index < -0.39 is 29.6 Å². The molecular weight excluding hydrogens is 400 g/mol. The van der Waals surface area contributed by atoms with Crippen molar-refractivity contribution < 1.29 is 28.6 Å². The molecule has 0 heterocycles. The predicted molar refractivity (Wildman–Crippen MR) is 110 cm³/mol. The predicted octanol–water partition coefficient (Wildman–Crippen LogP) is 3.32. The maximum atomic E-state index is 12.0. The highest BCUT2D eigenvalue weighted by Crippen LogP contribution is 2.36. The second-order valence-electron chi connectivity index (χ2n) is 7.07. The Morgan fingerprint density at radius 1 is 1.24 bits per heavy atom. The Labute approximate surface area is 175 Å². The average molecular weight is 427 g/mol. The summed E-state index contributed by atoms with van der Waals surface area (Å²) in [5.74, 6) is -0.660. The van der Waals surface area contributed by atoms with E-state index in [1.54, 1.807) is 32.9 Å². The summed E-state index contributed by atoms with van der Waals surface area (Å²) in [6.07, 6.45) is 1.45. The van der Waals surface area contributed by atoms with Crippen molar-refractivity contribution in [2.75, 3.05) is 13.7 Å². The third-order valence-electron chi connectivity index (χ3n) is 3.34. The van der Waals surface area contributed by atoms with Crippen molar-refractivity contribution >= 4 is 35.6 Å². The molecule has 3 amide bonds. The topological polar surface area (TPSA) is 103 Å². The van der Waals surface area contributed by atoms with E-state index >= 15 is 0 Å². The molecule has 9 heteroatoms. The maximum Gasteiger partial charge on any atom is 0.331 e. The molecule has 1 atom stereocenters. The van der Waals surface area contributed by atoms with Gasteiger partial charge in [-0.15, -0.1) is 0 Å². The van der Waals surface area contributed by atoms with Crippen LogP contribution < -0.4 is 20.1 Å². The van der Waals surface area contributed by atoms with Gasteiger partial charge in [-0.1, -0.05) is 11.6 Å². The third-order valence-corrected chi connectivity index (χ3v) is 3.62. The van der Waals surface area contributed by atoms with Crippen LogP contribution in [0.15, 0.2) is 18.2 Å². The van der Waals surface area contributed by atoms with E-state index in [1.165, 1.54) is 20.1 Å². The lowest BCUT2D eigenvalue weighted by molar-refractivity contribution is -0.149. The number of urea groups is 1. The van der Waals surface area contributed by atoms with Crippen LogP contribution >= 0.6 is 11.6 Å². The van der Waals surface area contributed by atoms with Gasteiger partial charge in [-0.05, 0) is 58.4 Å². The van der Waals surface area contributed by atoms with Crippen molar-refractivity contribution in [3.8, 4) is 11.5 Å². The minimum atomic E-state index is -1.16. The number of hydrogen-bond donors (Lipinski definition) is 2. The van der Waals surface area contributed by atoms with E-state index in [9.17, 15) is 14.4 Å². The van der Waals surface area contributed by atoms with Gasteiger partial charge in [0.15, 0.2) is 17.6 Å². The number of hydrogen-bond acceptors (Lipinski definition) is 6. The molecule has 8 nitrogen and oxygen atoms in total. The lowest BCUT2D eigenvalue weighted by atomic mass is 10.1. The van der Waals surface area contributed by atoms with Crippen LogP contribution in [-0.2, 0) is 14.3 Å². The summed E-state index contributed by atoms with van der Waals surface area (Å²) < 4.78 is 15.7. The van der Waals surface area contributed by atoms with Gasteiger partial charge in [0.25, 0.3) is 5.91 Å². The lowest BCUT2D eigenvalue weighted by Gasteiger charge is -2.21. The Balaban J connectivity index is 2.72. The molecule has 0 bridgehead atoms. The first kappa shape index (κ1) is 24.3. The zero-order valence-corrected chi connectivity index (χ0v) is 18.2. The van der Waals surface area contributed by atoms with Crippen molar-refractivity contribution in [1.29, 1.82) is 0 Å².